The lowest BCUT2D eigenvalue weighted by Gasteiger charge is -2.35. The first-order valence-corrected chi connectivity index (χ1v) is 6.94. The minimum atomic E-state index is -0.501. The number of amides is 1. The molecule has 0 fully saturated rings. The highest BCUT2D eigenvalue weighted by Gasteiger charge is 2.27. The number of rotatable bonds is 2. The van der Waals surface area contributed by atoms with E-state index in [0.29, 0.717) is 5.56 Å². The highest BCUT2D eigenvalue weighted by atomic mass is 19.1. The number of nitrogens with zero attached hydrogens (tertiary/aromatic N) is 1. The first-order valence-electron chi connectivity index (χ1n) is 6.94. The molecule has 1 aromatic rings. The van der Waals surface area contributed by atoms with Crippen molar-refractivity contribution >= 4 is 5.91 Å². The Bertz CT molecular complexity index is 579. The molecule has 0 heterocycles. The Morgan fingerprint density at radius 3 is 2.52 bits per heavy atom. The monoisotopic (exact) mass is 290 g/mol. The molecule has 0 aliphatic rings. The van der Waals surface area contributed by atoms with Crippen molar-refractivity contribution in [2.24, 2.45) is 11.1 Å². The molecular weight excluding hydrogens is 267 g/mol. The number of hydrogen-bond acceptors (Lipinski definition) is 2. The quantitative estimate of drug-likeness (QED) is 0.851. The molecule has 1 amide bonds. The number of carbonyl (C=O) groups excluding carboxylic acids is 1. The highest BCUT2D eigenvalue weighted by Crippen LogP contribution is 2.24. The molecule has 0 aliphatic heterocycles. The summed E-state index contributed by atoms with van der Waals surface area (Å²) in [7, 11) is 1.73. The van der Waals surface area contributed by atoms with E-state index in [1.54, 1.807) is 18.0 Å². The van der Waals surface area contributed by atoms with E-state index in [4.69, 9.17) is 5.73 Å². The maximum Gasteiger partial charge on any atom is 0.253 e. The fourth-order valence-electron chi connectivity index (χ4n) is 1.86. The van der Waals surface area contributed by atoms with E-state index in [0.717, 1.165) is 0 Å². The van der Waals surface area contributed by atoms with Gasteiger partial charge in [-0.2, -0.15) is 0 Å². The molecule has 3 nitrogen and oxygen atoms in total. The predicted octanol–water partition coefficient (Wildman–Crippen LogP) is 2.64. The maximum absolute atomic E-state index is 13.9. The largest absolute Gasteiger partial charge is 0.338 e. The van der Waals surface area contributed by atoms with Crippen molar-refractivity contribution in [1.29, 1.82) is 0 Å². The first-order chi connectivity index (χ1) is 9.68. The molecule has 0 saturated heterocycles. The van der Waals surface area contributed by atoms with E-state index in [-0.39, 0.29) is 29.5 Å². The van der Waals surface area contributed by atoms with Gasteiger partial charge >= 0.3 is 0 Å². The lowest BCUT2D eigenvalue weighted by Crippen LogP contribution is -2.43. The van der Waals surface area contributed by atoms with Crippen LogP contribution in [-0.2, 0) is 0 Å². The lowest BCUT2D eigenvalue weighted by molar-refractivity contribution is 0.0629. The summed E-state index contributed by atoms with van der Waals surface area (Å²) >= 11 is 0. The van der Waals surface area contributed by atoms with Gasteiger partial charge in [-0.25, -0.2) is 4.39 Å². The predicted molar refractivity (Wildman–Crippen MR) is 83.3 cm³/mol. The van der Waals surface area contributed by atoms with Crippen molar-refractivity contribution < 1.29 is 9.18 Å². The normalized spacial score (nSPS) is 12.3. The Kier molecular flexibility index (Phi) is 5.51. The highest BCUT2D eigenvalue weighted by molar-refractivity contribution is 5.94. The van der Waals surface area contributed by atoms with Crippen molar-refractivity contribution in [3.8, 4) is 11.8 Å². The summed E-state index contributed by atoms with van der Waals surface area (Å²) in [5.41, 5.74) is 5.79. The van der Waals surface area contributed by atoms with E-state index in [2.05, 4.69) is 32.6 Å². The van der Waals surface area contributed by atoms with E-state index < -0.39 is 5.82 Å². The van der Waals surface area contributed by atoms with Crippen LogP contribution in [0.1, 0.15) is 43.6 Å². The van der Waals surface area contributed by atoms with Crippen molar-refractivity contribution in [1.82, 2.24) is 4.90 Å². The SMILES string of the molecule is CC(N(C)C(=O)c1ccc(C#CCN)c(F)c1)C(C)(C)C. The summed E-state index contributed by atoms with van der Waals surface area (Å²) in [5.74, 6) is 4.54. The zero-order valence-electron chi connectivity index (χ0n) is 13.3. The Balaban J connectivity index is 3.01. The smallest absolute Gasteiger partial charge is 0.253 e. The van der Waals surface area contributed by atoms with Crippen molar-refractivity contribution in [2.45, 2.75) is 33.7 Å². The van der Waals surface area contributed by atoms with Gasteiger partial charge in [0.2, 0.25) is 0 Å². The summed E-state index contributed by atoms with van der Waals surface area (Å²) in [5, 5.41) is 0. The molecule has 0 bridgehead atoms. The first kappa shape index (κ1) is 17.2. The summed E-state index contributed by atoms with van der Waals surface area (Å²) < 4.78 is 13.9. The molecule has 2 N–H and O–H groups in total. The van der Waals surface area contributed by atoms with Crippen molar-refractivity contribution in [3.05, 3.63) is 35.1 Å². The lowest BCUT2D eigenvalue weighted by atomic mass is 9.87. The van der Waals surface area contributed by atoms with Gasteiger partial charge in [0.05, 0.1) is 12.1 Å². The van der Waals surface area contributed by atoms with E-state index in [1.807, 2.05) is 6.92 Å². The molecular formula is C17H23FN2O. The Morgan fingerprint density at radius 1 is 1.43 bits per heavy atom. The topological polar surface area (TPSA) is 46.3 Å². The third-order valence-corrected chi connectivity index (χ3v) is 3.70. The number of benzene rings is 1. The van der Waals surface area contributed by atoms with Gasteiger partial charge in [-0.05, 0) is 30.5 Å². The van der Waals surface area contributed by atoms with Crippen LogP contribution in [0.5, 0.6) is 0 Å². The van der Waals surface area contributed by atoms with Crippen LogP contribution < -0.4 is 5.73 Å². The molecule has 114 valence electrons. The standard InChI is InChI=1S/C17H23FN2O/c1-12(17(2,3)4)20(5)16(21)14-9-8-13(7-6-10-19)15(18)11-14/h8-9,11-12H,10,19H2,1-5H3. The molecule has 0 saturated carbocycles. The van der Waals surface area contributed by atoms with Crippen LogP contribution in [0.4, 0.5) is 4.39 Å². The van der Waals surface area contributed by atoms with Crippen LogP contribution in [0.25, 0.3) is 0 Å². The third-order valence-electron chi connectivity index (χ3n) is 3.70. The van der Waals surface area contributed by atoms with Gasteiger partial charge in [-0.15, -0.1) is 0 Å². The molecule has 0 spiro atoms. The fraction of sp³-hybridized carbons (Fsp3) is 0.471. The van der Waals surface area contributed by atoms with Crippen LogP contribution in [0.3, 0.4) is 0 Å². The van der Waals surface area contributed by atoms with Crippen molar-refractivity contribution in [3.63, 3.8) is 0 Å². The zero-order valence-corrected chi connectivity index (χ0v) is 13.3. The number of halogens is 1. The van der Waals surface area contributed by atoms with E-state index in [1.165, 1.54) is 12.1 Å². The summed E-state index contributed by atoms with van der Waals surface area (Å²) in [6.45, 7) is 8.34. The summed E-state index contributed by atoms with van der Waals surface area (Å²) in [6.07, 6.45) is 0. The van der Waals surface area contributed by atoms with E-state index in [9.17, 15) is 9.18 Å². The van der Waals surface area contributed by atoms with Crippen LogP contribution in [0.15, 0.2) is 18.2 Å². The minimum absolute atomic E-state index is 0.0322. The number of hydrogen-bond donors (Lipinski definition) is 1. The summed E-state index contributed by atoms with van der Waals surface area (Å²) in [6, 6.07) is 4.37. The Hall–Kier alpha value is -1.86. The molecule has 0 aromatic heterocycles. The van der Waals surface area contributed by atoms with Gasteiger partial charge in [0.25, 0.3) is 5.91 Å². The molecule has 0 radical (unpaired) electrons. The van der Waals surface area contributed by atoms with Gasteiger partial charge < -0.3 is 10.6 Å². The van der Waals surface area contributed by atoms with Gasteiger partial charge in [0.15, 0.2) is 0 Å². The zero-order chi connectivity index (χ0) is 16.2. The molecule has 21 heavy (non-hydrogen) atoms. The average Bonchev–Trinajstić information content (AvgIpc) is 2.42. The Morgan fingerprint density at radius 2 is 2.05 bits per heavy atom. The average molecular weight is 290 g/mol. The number of carbonyl (C=O) groups is 1. The fourth-order valence-corrected chi connectivity index (χ4v) is 1.86. The van der Waals surface area contributed by atoms with Gasteiger partial charge in [0.1, 0.15) is 5.82 Å². The maximum atomic E-state index is 13.9. The second-order valence-corrected chi connectivity index (χ2v) is 6.16. The second kappa shape index (κ2) is 6.73. The van der Waals surface area contributed by atoms with Gasteiger partial charge in [-0.3, -0.25) is 4.79 Å². The minimum Gasteiger partial charge on any atom is -0.338 e. The molecule has 1 unspecified atom stereocenters. The molecule has 1 atom stereocenters. The van der Waals surface area contributed by atoms with Crippen LogP contribution in [0, 0.1) is 23.1 Å². The Labute approximate surface area is 126 Å². The summed E-state index contributed by atoms with van der Waals surface area (Å²) in [4.78, 5) is 14.1. The molecule has 1 aromatic carbocycles. The molecule has 0 aliphatic carbocycles. The molecule has 1 rings (SSSR count). The van der Waals surface area contributed by atoms with E-state index >= 15 is 0 Å². The van der Waals surface area contributed by atoms with Gasteiger partial charge in [0, 0.05) is 18.7 Å². The molecule has 4 heteroatoms. The van der Waals surface area contributed by atoms with Crippen LogP contribution in [0.2, 0.25) is 0 Å². The third kappa shape index (κ3) is 4.30. The van der Waals surface area contributed by atoms with Crippen LogP contribution >= 0.6 is 0 Å². The second-order valence-electron chi connectivity index (χ2n) is 6.16. The van der Waals surface area contributed by atoms with Crippen LogP contribution in [-0.4, -0.2) is 30.4 Å². The number of nitrogens with two attached hydrogens (primary N) is 1. The van der Waals surface area contributed by atoms with Gasteiger partial charge in [-0.1, -0.05) is 32.6 Å². The van der Waals surface area contributed by atoms with Crippen molar-refractivity contribution in [2.75, 3.05) is 13.6 Å².